The SMILES string of the molecule is N/C(=N/O)c1ccncc1Sc1nc2ccccc2s1. The van der Waals surface area contributed by atoms with Gasteiger partial charge in [0.2, 0.25) is 0 Å². The molecule has 0 aliphatic carbocycles. The molecular weight excluding hydrogens is 292 g/mol. The lowest BCUT2D eigenvalue weighted by Gasteiger charge is -2.04. The number of rotatable bonds is 3. The highest BCUT2D eigenvalue weighted by atomic mass is 32.2. The van der Waals surface area contributed by atoms with Crippen LogP contribution in [-0.2, 0) is 0 Å². The average molecular weight is 302 g/mol. The van der Waals surface area contributed by atoms with Crippen molar-refractivity contribution in [1.82, 2.24) is 9.97 Å². The van der Waals surface area contributed by atoms with Gasteiger partial charge >= 0.3 is 0 Å². The number of amidine groups is 1. The molecule has 3 rings (SSSR count). The van der Waals surface area contributed by atoms with Crippen LogP contribution in [0, 0.1) is 0 Å². The third kappa shape index (κ3) is 2.45. The Morgan fingerprint density at radius 1 is 1.30 bits per heavy atom. The molecule has 7 heteroatoms. The van der Waals surface area contributed by atoms with Gasteiger partial charge in [-0.15, -0.1) is 11.3 Å². The molecule has 0 amide bonds. The number of nitrogens with two attached hydrogens (primary N) is 1. The molecular formula is C13H10N4OS2. The van der Waals surface area contributed by atoms with Crippen molar-refractivity contribution in [2.45, 2.75) is 9.24 Å². The van der Waals surface area contributed by atoms with Crippen molar-refractivity contribution >= 4 is 39.2 Å². The van der Waals surface area contributed by atoms with Crippen molar-refractivity contribution in [2.24, 2.45) is 10.9 Å². The number of para-hydroxylation sites is 1. The van der Waals surface area contributed by atoms with Gasteiger partial charge in [-0.3, -0.25) is 4.98 Å². The Kier molecular flexibility index (Phi) is 3.53. The lowest BCUT2D eigenvalue weighted by Crippen LogP contribution is -2.14. The van der Waals surface area contributed by atoms with Crippen LogP contribution < -0.4 is 5.73 Å². The minimum absolute atomic E-state index is 0.0658. The molecule has 100 valence electrons. The molecule has 0 bridgehead atoms. The van der Waals surface area contributed by atoms with Crippen molar-refractivity contribution in [3.05, 3.63) is 48.3 Å². The molecule has 2 aromatic heterocycles. The number of thiazole rings is 1. The number of nitrogens with zero attached hydrogens (tertiary/aromatic N) is 3. The van der Waals surface area contributed by atoms with Gasteiger partial charge < -0.3 is 10.9 Å². The van der Waals surface area contributed by atoms with Crippen LogP contribution in [0.25, 0.3) is 10.2 Å². The number of oxime groups is 1. The number of benzene rings is 1. The van der Waals surface area contributed by atoms with E-state index in [1.807, 2.05) is 24.3 Å². The molecule has 0 aliphatic heterocycles. The van der Waals surface area contributed by atoms with E-state index in [1.165, 1.54) is 11.8 Å². The van der Waals surface area contributed by atoms with Crippen molar-refractivity contribution < 1.29 is 5.21 Å². The van der Waals surface area contributed by atoms with Crippen LogP contribution in [0.4, 0.5) is 0 Å². The van der Waals surface area contributed by atoms with Crippen LogP contribution in [0.1, 0.15) is 5.56 Å². The van der Waals surface area contributed by atoms with Crippen LogP contribution in [0.15, 0.2) is 57.1 Å². The maximum absolute atomic E-state index is 8.81. The van der Waals surface area contributed by atoms with Crippen LogP contribution >= 0.6 is 23.1 Å². The molecule has 2 heterocycles. The second-order valence-corrected chi connectivity index (χ2v) is 6.23. The quantitative estimate of drug-likeness (QED) is 0.336. The Morgan fingerprint density at radius 2 is 2.15 bits per heavy atom. The van der Waals surface area contributed by atoms with E-state index in [4.69, 9.17) is 10.9 Å². The van der Waals surface area contributed by atoms with E-state index in [0.29, 0.717) is 5.56 Å². The Labute approximate surface area is 123 Å². The van der Waals surface area contributed by atoms with Crippen LogP contribution in [0.5, 0.6) is 0 Å². The smallest absolute Gasteiger partial charge is 0.171 e. The van der Waals surface area contributed by atoms with Crippen molar-refractivity contribution in [3.63, 3.8) is 0 Å². The van der Waals surface area contributed by atoms with Crippen LogP contribution in [0.3, 0.4) is 0 Å². The third-order valence-electron chi connectivity index (χ3n) is 2.64. The first kappa shape index (κ1) is 12.9. The summed E-state index contributed by atoms with van der Waals surface area (Å²) in [5.41, 5.74) is 7.28. The number of hydrogen-bond donors (Lipinski definition) is 2. The maximum Gasteiger partial charge on any atom is 0.171 e. The third-order valence-corrected chi connectivity index (χ3v) is 4.78. The standard InChI is InChI=1S/C13H10N4OS2/c14-12(17-18)8-5-6-15-7-11(8)20-13-16-9-3-1-2-4-10(9)19-13/h1-7,18H,(H2,14,17). The van der Waals surface area contributed by atoms with Gasteiger partial charge in [0, 0.05) is 22.9 Å². The predicted octanol–water partition coefficient (Wildman–Crippen LogP) is 2.94. The maximum atomic E-state index is 8.81. The Balaban J connectivity index is 1.99. The largest absolute Gasteiger partial charge is 0.409 e. The molecule has 3 aromatic rings. The average Bonchev–Trinajstić information content (AvgIpc) is 2.89. The summed E-state index contributed by atoms with van der Waals surface area (Å²) in [6.45, 7) is 0. The molecule has 0 unspecified atom stereocenters. The zero-order valence-corrected chi connectivity index (χ0v) is 11.9. The Bertz CT molecular complexity index is 752. The van der Waals surface area contributed by atoms with Crippen molar-refractivity contribution in [2.75, 3.05) is 0 Å². The Morgan fingerprint density at radius 3 is 2.95 bits per heavy atom. The first-order valence-electron chi connectivity index (χ1n) is 5.73. The van der Waals surface area contributed by atoms with Crippen LogP contribution in [-0.4, -0.2) is 21.0 Å². The number of pyridine rings is 1. The summed E-state index contributed by atoms with van der Waals surface area (Å²) in [7, 11) is 0. The topological polar surface area (TPSA) is 84.4 Å². The number of fused-ring (bicyclic) bond motifs is 1. The van der Waals surface area contributed by atoms with E-state index in [9.17, 15) is 0 Å². The highest BCUT2D eigenvalue weighted by Gasteiger charge is 2.11. The van der Waals surface area contributed by atoms with Gasteiger partial charge in [-0.2, -0.15) is 0 Å². The van der Waals surface area contributed by atoms with Gasteiger partial charge in [0.25, 0.3) is 0 Å². The molecule has 5 nitrogen and oxygen atoms in total. The summed E-state index contributed by atoms with van der Waals surface area (Å²) in [6.07, 6.45) is 3.29. The van der Waals surface area contributed by atoms with Gasteiger partial charge in [0.05, 0.1) is 10.2 Å². The van der Waals surface area contributed by atoms with Gasteiger partial charge in [0.15, 0.2) is 10.2 Å². The first-order valence-corrected chi connectivity index (χ1v) is 7.36. The summed E-state index contributed by atoms with van der Waals surface area (Å²) in [6, 6.07) is 9.67. The van der Waals surface area contributed by atoms with Gasteiger partial charge in [-0.25, -0.2) is 4.98 Å². The van der Waals surface area contributed by atoms with Crippen molar-refractivity contribution in [3.8, 4) is 0 Å². The fourth-order valence-corrected chi connectivity index (χ4v) is 3.85. The number of hydrogen-bond acceptors (Lipinski definition) is 6. The van der Waals surface area contributed by atoms with E-state index in [2.05, 4.69) is 15.1 Å². The predicted molar refractivity (Wildman–Crippen MR) is 80.5 cm³/mol. The van der Waals surface area contributed by atoms with E-state index >= 15 is 0 Å². The minimum Gasteiger partial charge on any atom is -0.409 e. The van der Waals surface area contributed by atoms with Gasteiger partial charge in [-0.1, -0.05) is 29.1 Å². The van der Waals surface area contributed by atoms with Gasteiger partial charge in [-0.05, 0) is 18.2 Å². The van der Waals surface area contributed by atoms with Crippen molar-refractivity contribution in [1.29, 1.82) is 0 Å². The highest BCUT2D eigenvalue weighted by Crippen LogP contribution is 2.35. The van der Waals surface area contributed by atoms with E-state index in [-0.39, 0.29) is 5.84 Å². The minimum atomic E-state index is 0.0658. The molecule has 0 saturated carbocycles. The van der Waals surface area contributed by atoms with Gasteiger partial charge in [0.1, 0.15) is 0 Å². The summed E-state index contributed by atoms with van der Waals surface area (Å²) < 4.78 is 2.02. The lowest BCUT2D eigenvalue weighted by molar-refractivity contribution is 0.318. The second kappa shape index (κ2) is 5.48. The van der Waals surface area contributed by atoms with E-state index in [1.54, 1.807) is 29.8 Å². The molecule has 0 saturated heterocycles. The summed E-state index contributed by atoms with van der Waals surface area (Å²) in [5, 5.41) is 11.9. The number of aromatic nitrogens is 2. The summed E-state index contributed by atoms with van der Waals surface area (Å²) in [4.78, 5) is 9.43. The molecule has 20 heavy (non-hydrogen) atoms. The zero-order valence-electron chi connectivity index (χ0n) is 10.2. The molecule has 0 atom stereocenters. The summed E-state index contributed by atoms with van der Waals surface area (Å²) in [5.74, 6) is 0.0658. The highest BCUT2D eigenvalue weighted by molar-refractivity contribution is 8.01. The molecule has 0 spiro atoms. The molecule has 0 aliphatic rings. The fraction of sp³-hybridized carbons (Fsp3) is 0. The Hall–Kier alpha value is -2.12. The zero-order chi connectivity index (χ0) is 13.9. The monoisotopic (exact) mass is 302 g/mol. The fourth-order valence-electron chi connectivity index (χ4n) is 1.72. The molecule has 0 radical (unpaired) electrons. The molecule has 1 aromatic carbocycles. The second-order valence-electron chi connectivity index (χ2n) is 3.91. The first-order chi connectivity index (χ1) is 9.78. The van der Waals surface area contributed by atoms with E-state index in [0.717, 1.165) is 19.5 Å². The molecule has 3 N–H and O–H groups in total. The normalized spacial score (nSPS) is 11.9. The van der Waals surface area contributed by atoms with E-state index < -0.39 is 0 Å². The lowest BCUT2D eigenvalue weighted by atomic mass is 10.2. The molecule has 0 fully saturated rings. The summed E-state index contributed by atoms with van der Waals surface area (Å²) >= 11 is 3.06. The van der Waals surface area contributed by atoms with Crippen LogP contribution in [0.2, 0.25) is 0 Å².